The Morgan fingerprint density at radius 2 is 1.63 bits per heavy atom. The Hall–Kier alpha value is -5.79. The number of nitrogens with zero attached hydrogens (tertiary/aromatic N) is 4. The molecule has 3 aromatic carbocycles. The van der Waals surface area contributed by atoms with Crippen LogP contribution in [0.15, 0.2) is 66.7 Å². The number of rotatable bonds is 11. The fraction of sp³-hybridized carbons (Fsp3) is 0.343. The van der Waals surface area contributed by atoms with E-state index in [0.29, 0.717) is 37.3 Å². The van der Waals surface area contributed by atoms with Gasteiger partial charge in [0.25, 0.3) is 6.47 Å². The summed E-state index contributed by atoms with van der Waals surface area (Å²) in [6, 6.07) is 20.8. The van der Waals surface area contributed by atoms with E-state index in [0.717, 1.165) is 40.8 Å². The molecule has 4 aromatic rings. The Labute approximate surface area is 284 Å². The van der Waals surface area contributed by atoms with Crippen LogP contribution in [0.3, 0.4) is 0 Å². The molecule has 1 fully saturated rings. The molecule has 0 bridgehead atoms. The third-order valence-electron chi connectivity index (χ3n) is 8.61. The minimum absolute atomic E-state index is 0.161. The second kappa shape index (κ2) is 17.4. The van der Waals surface area contributed by atoms with Crippen molar-refractivity contribution >= 4 is 35.8 Å². The molecule has 1 aliphatic rings. The molecule has 258 valence electrons. The molecule has 0 radical (unpaired) electrons. The third kappa shape index (κ3) is 10.3. The summed E-state index contributed by atoms with van der Waals surface area (Å²) < 4.78 is 0. The van der Waals surface area contributed by atoms with E-state index in [1.54, 1.807) is 24.3 Å². The maximum Gasteiger partial charge on any atom is 0.404 e. The van der Waals surface area contributed by atoms with Gasteiger partial charge in [0.15, 0.2) is 5.82 Å². The summed E-state index contributed by atoms with van der Waals surface area (Å²) in [5.74, 6) is 0.00526. The summed E-state index contributed by atoms with van der Waals surface area (Å²) in [7, 11) is 4.03. The van der Waals surface area contributed by atoms with Crippen LogP contribution in [0.1, 0.15) is 36.8 Å². The average molecular weight is 671 g/mol. The highest BCUT2D eigenvalue weighted by atomic mass is 16.4. The zero-order valence-corrected chi connectivity index (χ0v) is 27.7. The normalized spacial score (nSPS) is 15.9. The van der Waals surface area contributed by atoms with Crippen LogP contribution in [-0.2, 0) is 20.8 Å². The van der Waals surface area contributed by atoms with Gasteiger partial charge in [-0.05, 0) is 108 Å². The Morgan fingerprint density at radius 3 is 2.22 bits per heavy atom. The Bertz CT molecular complexity index is 1690. The molecule has 6 N–H and O–H groups in total. The molecule has 0 aliphatic heterocycles. The summed E-state index contributed by atoms with van der Waals surface area (Å²) in [6.45, 7) is 2.22. The molecule has 1 aliphatic carbocycles. The summed E-state index contributed by atoms with van der Waals surface area (Å²) in [4.78, 5) is 48.4. The lowest BCUT2D eigenvalue weighted by molar-refractivity contribution is -0.130. The van der Waals surface area contributed by atoms with Gasteiger partial charge in [-0.3, -0.25) is 14.4 Å². The number of aryl methyl sites for hydroxylation is 1. The van der Waals surface area contributed by atoms with Crippen LogP contribution in [0.2, 0.25) is 0 Å². The topological polar surface area (TPSA) is 203 Å². The first-order chi connectivity index (χ1) is 23.6. The molecule has 49 heavy (non-hydrogen) atoms. The van der Waals surface area contributed by atoms with Crippen LogP contribution >= 0.6 is 0 Å². The largest absolute Gasteiger partial charge is 0.483 e. The number of aromatic amines is 1. The number of hydrogen-bond acceptors (Lipinski definition) is 8. The van der Waals surface area contributed by atoms with Crippen LogP contribution in [0.4, 0.5) is 16.2 Å². The highest BCUT2D eigenvalue weighted by Crippen LogP contribution is 2.30. The number of benzene rings is 3. The van der Waals surface area contributed by atoms with Gasteiger partial charge in [0.1, 0.15) is 6.04 Å². The first-order valence-electron chi connectivity index (χ1n) is 15.9. The van der Waals surface area contributed by atoms with Crippen molar-refractivity contribution < 1.29 is 29.4 Å². The third-order valence-corrected chi connectivity index (χ3v) is 8.61. The zero-order valence-electron chi connectivity index (χ0n) is 27.7. The Balaban J connectivity index is 0.00000174. The van der Waals surface area contributed by atoms with E-state index < -0.39 is 12.1 Å². The van der Waals surface area contributed by atoms with Crippen molar-refractivity contribution in [1.82, 2.24) is 31.3 Å². The van der Waals surface area contributed by atoms with Crippen LogP contribution < -0.4 is 20.9 Å². The predicted molar refractivity (Wildman–Crippen MR) is 185 cm³/mol. The lowest BCUT2D eigenvalue weighted by atomic mass is 9.81. The van der Waals surface area contributed by atoms with E-state index >= 15 is 0 Å². The van der Waals surface area contributed by atoms with E-state index in [-0.39, 0.29) is 30.1 Å². The lowest BCUT2D eigenvalue weighted by Crippen LogP contribution is -2.48. The number of tetrazole rings is 1. The number of hydrogen-bond donors (Lipinski definition) is 6. The number of carbonyl (C=O) groups excluding carboxylic acids is 2. The molecule has 14 nitrogen and oxygen atoms in total. The first-order valence-corrected chi connectivity index (χ1v) is 15.9. The van der Waals surface area contributed by atoms with Crippen molar-refractivity contribution in [2.24, 2.45) is 11.8 Å². The van der Waals surface area contributed by atoms with Gasteiger partial charge < -0.3 is 31.1 Å². The van der Waals surface area contributed by atoms with Crippen LogP contribution in [0.25, 0.3) is 22.5 Å². The maximum atomic E-state index is 13.7. The minimum Gasteiger partial charge on any atom is -0.483 e. The molecule has 3 amide bonds. The molecule has 0 unspecified atom stereocenters. The molecule has 1 heterocycles. The summed E-state index contributed by atoms with van der Waals surface area (Å²) in [5.41, 5.74) is 6.77. The van der Waals surface area contributed by atoms with Crippen molar-refractivity contribution in [2.45, 2.75) is 45.1 Å². The fourth-order valence-electron chi connectivity index (χ4n) is 5.84. The molecule has 0 spiro atoms. The summed E-state index contributed by atoms with van der Waals surface area (Å²) >= 11 is 0. The zero-order chi connectivity index (χ0) is 35.3. The predicted octanol–water partition coefficient (Wildman–Crippen LogP) is 4.35. The van der Waals surface area contributed by atoms with Gasteiger partial charge >= 0.3 is 6.09 Å². The number of aromatic nitrogens is 4. The number of H-pyrrole nitrogens is 1. The van der Waals surface area contributed by atoms with Gasteiger partial charge in [-0.2, -0.15) is 0 Å². The van der Waals surface area contributed by atoms with Gasteiger partial charge in [-0.15, -0.1) is 5.10 Å². The van der Waals surface area contributed by atoms with Gasteiger partial charge in [0, 0.05) is 49.9 Å². The number of carboxylic acid groups (broad SMARTS) is 2. The molecule has 5 rings (SSSR count). The smallest absolute Gasteiger partial charge is 0.404 e. The molecule has 14 heteroatoms. The van der Waals surface area contributed by atoms with Gasteiger partial charge in [-0.1, -0.05) is 30.3 Å². The molecule has 1 saturated carbocycles. The number of amides is 3. The number of nitrogens with one attached hydrogen (secondary N) is 4. The summed E-state index contributed by atoms with van der Waals surface area (Å²) in [6.07, 6.45) is 2.06. The fourth-order valence-corrected chi connectivity index (χ4v) is 5.84. The highest BCUT2D eigenvalue weighted by molar-refractivity contribution is 5.97. The van der Waals surface area contributed by atoms with Crippen molar-refractivity contribution in [2.75, 3.05) is 30.9 Å². The first kappa shape index (κ1) is 36.1. The van der Waals surface area contributed by atoms with E-state index in [9.17, 15) is 14.4 Å². The van der Waals surface area contributed by atoms with Crippen molar-refractivity contribution in [1.29, 1.82) is 0 Å². The lowest BCUT2D eigenvalue weighted by Gasteiger charge is -2.29. The standard InChI is InChI=1S/C34H40N8O4.CH2O2/c1-21-4-17-28(42(2)3)19-29(21)24-9-5-22(6-10-24)18-30(37-32(43)26-11-7-23(8-12-26)20-35-34(45)46)33(44)36-27-15-13-25(14-16-27)31-38-40-41-39-31;2-1-3/h4-6,9-10,13-17,19,23,26,30,35H,7-8,11-12,18,20H2,1-3H3,(H,36,44)(H,37,43)(H,45,46)(H,38,39,40,41);1H,(H,2,3)/t23-,26-,30-;/m0./s1. The molecule has 1 aromatic heterocycles. The van der Waals surface area contributed by atoms with E-state index in [1.807, 2.05) is 26.2 Å². The average Bonchev–Trinajstić information content (AvgIpc) is 3.64. The molecule has 1 atom stereocenters. The second-order valence-electron chi connectivity index (χ2n) is 12.2. The van der Waals surface area contributed by atoms with Crippen LogP contribution in [-0.4, -0.2) is 81.9 Å². The number of anilines is 2. The van der Waals surface area contributed by atoms with Crippen molar-refractivity contribution in [3.8, 4) is 22.5 Å². The van der Waals surface area contributed by atoms with Crippen molar-refractivity contribution in [3.05, 3.63) is 77.9 Å². The van der Waals surface area contributed by atoms with Gasteiger partial charge in [-0.25, -0.2) is 9.89 Å². The quantitative estimate of drug-likeness (QED) is 0.125. The SMILES string of the molecule is Cc1ccc(N(C)C)cc1-c1ccc(C[C@H](NC(=O)[C@H]2CC[C@H](CNC(=O)O)CC2)C(=O)Nc2ccc(-c3nnn[nH]3)cc2)cc1.O=CO. The monoisotopic (exact) mass is 670 g/mol. The minimum atomic E-state index is -1.04. The molecular formula is C35H42N8O6. The van der Waals surface area contributed by atoms with Crippen LogP contribution in [0, 0.1) is 18.8 Å². The van der Waals surface area contributed by atoms with E-state index in [4.69, 9.17) is 15.0 Å². The Morgan fingerprint density at radius 1 is 0.980 bits per heavy atom. The van der Waals surface area contributed by atoms with Gasteiger partial charge in [0.05, 0.1) is 0 Å². The summed E-state index contributed by atoms with van der Waals surface area (Å²) in [5, 5.41) is 38.0. The van der Waals surface area contributed by atoms with Gasteiger partial charge in [0.2, 0.25) is 11.8 Å². The Kier molecular flexibility index (Phi) is 12.8. The molecule has 0 saturated heterocycles. The maximum absolute atomic E-state index is 13.7. The molecular weight excluding hydrogens is 628 g/mol. The van der Waals surface area contributed by atoms with Crippen LogP contribution in [0.5, 0.6) is 0 Å². The second-order valence-corrected chi connectivity index (χ2v) is 12.2. The van der Waals surface area contributed by atoms with E-state index in [1.165, 1.54) is 5.56 Å². The van der Waals surface area contributed by atoms with Crippen molar-refractivity contribution in [3.63, 3.8) is 0 Å². The highest BCUT2D eigenvalue weighted by Gasteiger charge is 2.30. The van der Waals surface area contributed by atoms with E-state index in [2.05, 4.69) is 78.7 Å². The number of carbonyl (C=O) groups is 4.